The average Bonchev–Trinajstić information content (AvgIpc) is 3.28. The fourth-order valence-corrected chi connectivity index (χ4v) is 4.60. The highest BCUT2D eigenvalue weighted by molar-refractivity contribution is 6.39. The number of nitrogens with zero attached hydrogens (tertiary/aromatic N) is 2. The van der Waals surface area contributed by atoms with Gasteiger partial charge in [0, 0.05) is 48.2 Å². The molecule has 1 aromatic carbocycles. The van der Waals surface area contributed by atoms with Crippen LogP contribution in [0.4, 0.5) is 5.69 Å². The van der Waals surface area contributed by atoms with Gasteiger partial charge in [0.2, 0.25) is 5.91 Å². The third kappa shape index (κ3) is 6.78. The van der Waals surface area contributed by atoms with E-state index in [2.05, 4.69) is 25.9 Å². The number of anilines is 1. The molecule has 1 fully saturated rings. The van der Waals surface area contributed by atoms with Gasteiger partial charge in [0.25, 0.3) is 5.91 Å². The van der Waals surface area contributed by atoms with Crippen molar-refractivity contribution >= 4 is 64.2 Å². The molecule has 196 valence electrons. The number of H-pyrrole nitrogens is 1. The van der Waals surface area contributed by atoms with Gasteiger partial charge < -0.3 is 25.8 Å². The minimum absolute atomic E-state index is 0. The van der Waals surface area contributed by atoms with E-state index in [0.29, 0.717) is 29.2 Å². The number of hydrogen-bond donors (Lipinski definition) is 4. The van der Waals surface area contributed by atoms with E-state index in [9.17, 15) is 19.2 Å². The summed E-state index contributed by atoms with van der Waals surface area (Å²) >= 11 is 6.05. The zero-order chi connectivity index (χ0) is 25.8. The summed E-state index contributed by atoms with van der Waals surface area (Å²) in [6.07, 6.45) is 4.26. The first-order valence-corrected chi connectivity index (χ1v) is 11.9. The van der Waals surface area contributed by atoms with Crippen molar-refractivity contribution in [3.05, 3.63) is 59.5 Å². The lowest BCUT2D eigenvalue weighted by atomic mass is 9.81. The summed E-state index contributed by atoms with van der Waals surface area (Å²) in [6.45, 7) is 0. The van der Waals surface area contributed by atoms with Crippen molar-refractivity contribution in [1.29, 1.82) is 0 Å². The molecular formula is C25H28Cl2N6O4. The first kappa shape index (κ1) is 27.9. The maximum absolute atomic E-state index is 13.0. The molecule has 4 N–H and O–H groups in total. The van der Waals surface area contributed by atoms with Gasteiger partial charge >= 0.3 is 11.8 Å². The highest BCUT2D eigenvalue weighted by Gasteiger charge is 2.37. The van der Waals surface area contributed by atoms with E-state index in [1.165, 1.54) is 11.1 Å². The molecular weight excluding hydrogens is 519 g/mol. The SMILES string of the molecule is CN(C)C(=O)[C@H]1CC[C@H](NC(=O)c2cc3cc(Cl)ccc3[nH]2)[C@H](NC(=O)C(=O)Nc2cccnc2)C1.Cl. The van der Waals surface area contributed by atoms with Crippen LogP contribution in [0.1, 0.15) is 29.8 Å². The largest absolute Gasteiger partial charge is 0.351 e. The fourth-order valence-electron chi connectivity index (χ4n) is 4.42. The van der Waals surface area contributed by atoms with Crippen molar-refractivity contribution in [1.82, 2.24) is 25.5 Å². The van der Waals surface area contributed by atoms with Crippen molar-refractivity contribution in [2.75, 3.05) is 19.4 Å². The predicted molar refractivity (Wildman–Crippen MR) is 143 cm³/mol. The minimum atomic E-state index is -0.860. The van der Waals surface area contributed by atoms with Crippen LogP contribution >= 0.6 is 24.0 Å². The molecule has 0 unspecified atom stereocenters. The maximum Gasteiger partial charge on any atom is 0.313 e. The molecule has 0 bridgehead atoms. The number of halogens is 2. The zero-order valence-electron chi connectivity index (χ0n) is 20.3. The molecule has 12 heteroatoms. The number of amides is 4. The molecule has 3 atom stereocenters. The topological polar surface area (TPSA) is 136 Å². The summed E-state index contributed by atoms with van der Waals surface area (Å²) in [7, 11) is 3.35. The van der Waals surface area contributed by atoms with Gasteiger partial charge in [0.1, 0.15) is 5.69 Å². The number of benzene rings is 1. The first-order chi connectivity index (χ1) is 17.2. The number of rotatable bonds is 5. The maximum atomic E-state index is 13.0. The van der Waals surface area contributed by atoms with Crippen LogP contribution in [-0.4, -0.2) is 64.7 Å². The van der Waals surface area contributed by atoms with Crippen molar-refractivity contribution in [3.63, 3.8) is 0 Å². The molecule has 1 saturated carbocycles. The predicted octanol–water partition coefficient (Wildman–Crippen LogP) is 2.75. The van der Waals surface area contributed by atoms with Gasteiger partial charge in [-0.05, 0) is 55.7 Å². The average molecular weight is 547 g/mol. The summed E-state index contributed by atoms with van der Waals surface area (Å²) in [5, 5.41) is 9.53. The summed E-state index contributed by atoms with van der Waals surface area (Å²) in [6, 6.07) is 9.12. The van der Waals surface area contributed by atoms with Crippen molar-refractivity contribution in [3.8, 4) is 0 Å². The second-order valence-corrected chi connectivity index (χ2v) is 9.45. The zero-order valence-corrected chi connectivity index (χ0v) is 21.9. The summed E-state index contributed by atoms with van der Waals surface area (Å²) in [5.74, 6) is -2.48. The number of aromatic nitrogens is 2. The fraction of sp³-hybridized carbons (Fsp3) is 0.320. The molecule has 3 aromatic rings. The third-order valence-electron chi connectivity index (χ3n) is 6.23. The number of carbonyl (C=O) groups is 4. The van der Waals surface area contributed by atoms with Gasteiger partial charge in [-0.1, -0.05) is 11.6 Å². The van der Waals surface area contributed by atoms with Gasteiger partial charge in [-0.25, -0.2) is 0 Å². The standard InChI is InChI=1S/C25H27ClN6O4.ClH/c1-32(2)25(36)14-5-7-19(30-22(33)21-12-15-10-16(26)6-8-18(15)29-21)20(11-14)31-24(35)23(34)28-17-4-3-9-27-13-17;/h3-4,6,8-10,12-14,19-20,29H,5,7,11H2,1-2H3,(H,28,34)(H,30,33)(H,31,35);1H/t14-,19-,20+;/m0./s1. The Labute approximate surface area is 224 Å². The summed E-state index contributed by atoms with van der Waals surface area (Å²) < 4.78 is 0. The Morgan fingerprint density at radius 2 is 1.81 bits per heavy atom. The summed E-state index contributed by atoms with van der Waals surface area (Å²) in [5.41, 5.74) is 1.49. The molecule has 1 aliphatic rings. The Hall–Kier alpha value is -3.63. The van der Waals surface area contributed by atoms with Gasteiger partial charge in [-0.3, -0.25) is 24.2 Å². The van der Waals surface area contributed by atoms with Crippen LogP contribution in [0.2, 0.25) is 5.02 Å². The third-order valence-corrected chi connectivity index (χ3v) is 6.46. The molecule has 0 saturated heterocycles. The molecule has 2 heterocycles. The molecule has 0 aliphatic heterocycles. The molecule has 4 rings (SSSR count). The van der Waals surface area contributed by atoms with Crippen molar-refractivity contribution in [2.24, 2.45) is 5.92 Å². The molecule has 2 aromatic heterocycles. The smallest absolute Gasteiger partial charge is 0.313 e. The number of pyridine rings is 1. The van der Waals surface area contributed by atoms with E-state index in [1.807, 2.05) is 0 Å². The van der Waals surface area contributed by atoms with Gasteiger partial charge in [0.15, 0.2) is 0 Å². The Balaban J connectivity index is 0.00000380. The van der Waals surface area contributed by atoms with Gasteiger partial charge in [-0.2, -0.15) is 0 Å². The van der Waals surface area contributed by atoms with Crippen molar-refractivity contribution < 1.29 is 19.2 Å². The Bertz CT molecular complexity index is 1300. The lowest BCUT2D eigenvalue weighted by Gasteiger charge is -2.37. The minimum Gasteiger partial charge on any atom is -0.351 e. The van der Waals surface area contributed by atoms with E-state index in [0.717, 1.165) is 10.9 Å². The highest BCUT2D eigenvalue weighted by atomic mass is 35.5. The second-order valence-electron chi connectivity index (χ2n) is 9.01. The highest BCUT2D eigenvalue weighted by Crippen LogP contribution is 2.27. The van der Waals surface area contributed by atoms with Crippen LogP contribution in [0.3, 0.4) is 0 Å². The van der Waals surface area contributed by atoms with E-state index >= 15 is 0 Å². The number of aromatic amines is 1. The van der Waals surface area contributed by atoms with Crippen LogP contribution < -0.4 is 16.0 Å². The van der Waals surface area contributed by atoms with Gasteiger partial charge in [0.05, 0.1) is 17.9 Å². The quantitative estimate of drug-likeness (QED) is 0.365. The Kier molecular flexibility index (Phi) is 9.12. The van der Waals surface area contributed by atoms with Gasteiger partial charge in [-0.15, -0.1) is 12.4 Å². The van der Waals surface area contributed by atoms with E-state index in [-0.39, 0.29) is 36.6 Å². The molecule has 0 radical (unpaired) electrons. The van der Waals surface area contributed by atoms with E-state index < -0.39 is 23.9 Å². The Morgan fingerprint density at radius 1 is 1.03 bits per heavy atom. The molecule has 10 nitrogen and oxygen atoms in total. The second kappa shape index (κ2) is 12.1. The van der Waals surface area contributed by atoms with Crippen molar-refractivity contribution in [2.45, 2.75) is 31.3 Å². The number of nitrogens with one attached hydrogen (secondary N) is 4. The number of carbonyl (C=O) groups excluding carboxylic acids is 4. The van der Waals surface area contributed by atoms with E-state index in [4.69, 9.17) is 11.6 Å². The van der Waals surface area contributed by atoms with Crippen LogP contribution in [0.5, 0.6) is 0 Å². The lowest BCUT2D eigenvalue weighted by Crippen LogP contribution is -2.57. The first-order valence-electron chi connectivity index (χ1n) is 11.5. The summed E-state index contributed by atoms with van der Waals surface area (Å²) in [4.78, 5) is 59.3. The lowest BCUT2D eigenvalue weighted by molar-refractivity contribution is -0.138. The van der Waals surface area contributed by atoms with E-state index in [1.54, 1.807) is 56.7 Å². The van der Waals surface area contributed by atoms with Crippen LogP contribution in [0, 0.1) is 5.92 Å². The normalized spacial score (nSPS) is 18.8. The van der Waals surface area contributed by atoms with Crippen LogP contribution in [0.25, 0.3) is 10.9 Å². The number of hydrogen-bond acceptors (Lipinski definition) is 5. The molecule has 1 aliphatic carbocycles. The Morgan fingerprint density at radius 3 is 2.51 bits per heavy atom. The van der Waals surface area contributed by atoms with Crippen LogP contribution in [0.15, 0.2) is 48.8 Å². The van der Waals surface area contributed by atoms with Crippen LogP contribution in [-0.2, 0) is 14.4 Å². The molecule has 0 spiro atoms. The number of fused-ring (bicyclic) bond motifs is 1. The molecule has 4 amide bonds. The molecule has 37 heavy (non-hydrogen) atoms. The monoisotopic (exact) mass is 546 g/mol.